The smallest absolute Gasteiger partial charge is 0.258 e. The number of carbonyl (C=O) groups is 1. The molecule has 1 aromatic carbocycles. The van der Waals surface area contributed by atoms with Gasteiger partial charge in [-0.05, 0) is 38.0 Å². The van der Waals surface area contributed by atoms with E-state index in [-0.39, 0.29) is 41.4 Å². The molecule has 1 aliphatic carbocycles. The molecule has 3 heterocycles. The monoisotopic (exact) mass is 434 g/mol. The second-order valence-electron chi connectivity index (χ2n) is 8.10. The molecule has 1 saturated carbocycles. The number of ketones is 1. The van der Waals surface area contributed by atoms with Gasteiger partial charge in [0, 0.05) is 18.2 Å². The standard InChI is InChI=1S/C22H19FN6O3/c1-11-14-7-12(23)3-4-13(14)18(30)22(5-6-22)10-31-20-17(16(8-24)29(2)28-20)15-9-26-19(25)21(27-15)32-11/h3-4,7,9,11H,5-6,10H2,1-2H3,(H2,25,26). The molecular weight excluding hydrogens is 415 g/mol. The van der Waals surface area contributed by atoms with Crippen molar-refractivity contribution in [1.29, 1.82) is 5.26 Å². The van der Waals surface area contributed by atoms with Crippen molar-refractivity contribution < 1.29 is 18.7 Å². The Morgan fingerprint density at radius 2 is 2.12 bits per heavy atom. The van der Waals surface area contributed by atoms with Crippen molar-refractivity contribution in [3.63, 3.8) is 0 Å². The summed E-state index contributed by atoms with van der Waals surface area (Å²) in [5.74, 6) is -0.452. The van der Waals surface area contributed by atoms with Gasteiger partial charge < -0.3 is 15.2 Å². The van der Waals surface area contributed by atoms with Gasteiger partial charge in [0.05, 0.1) is 11.6 Å². The Kier molecular flexibility index (Phi) is 4.37. The number of rotatable bonds is 0. The van der Waals surface area contributed by atoms with Crippen LogP contribution in [0.5, 0.6) is 11.8 Å². The number of fused-ring (bicyclic) bond motifs is 5. The zero-order chi connectivity index (χ0) is 22.6. The molecular formula is C22H19FN6O3. The van der Waals surface area contributed by atoms with Gasteiger partial charge in [-0.1, -0.05) is 0 Å². The fourth-order valence-corrected chi connectivity index (χ4v) is 3.94. The number of nitrogen functional groups attached to an aromatic ring is 1. The fraction of sp³-hybridized carbons (Fsp3) is 0.318. The molecule has 0 radical (unpaired) electrons. The maximum absolute atomic E-state index is 14.1. The van der Waals surface area contributed by atoms with E-state index in [0.717, 1.165) is 0 Å². The lowest BCUT2D eigenvalue weighted by molar-refractivity contribution is 0.0837. The molecule has 1 atom stereocenters. The number of halogens is 1. The predicted molar refractivity (Wildman–Crippen MR) is 110 cm³/mol. The summed E-state index contributed by atoms with van der Waals surface area (Å²) in [7, 11) is 1.62. The fourth-order valence-electron chi connectivity index (χ4n) is 3.94. The van der Waals surface area contributed by atoms with E-state index < -0.39 is 17.3 Å². The summed E-state index contributed by atoms with van der Waals surface area (Å²) in [5, 5.41) is 14.0. The van der Waals surface area contributed by atoms with Crippen LogP contribution in [0.3, 0.4) is 0 Å². The first kappa shape index (κ1) is 19.9. The Labute approximate surface area is 182 Å². The van der Waals surface area contributed by atoms with Crippen molar-refractivity contribution in [3.8, 4) is 29.1 Å². The van der Waals surface area contributed by atoms with Crippen molar-refractivity contribution in [2.45, 2.75) is 25.9 Å². The highest BCUT2D eigenvalue weighted by Gasteiger charge is 2.52. The minimum absolute atomic E-state index is 0.00302. The van der Waals surface area contributed by atoms with Crippen molar-refractivity contribution in [3.05, 3.63) is 47.0 Å². The molecule has 2 bridgehead atoms. The number of nitriles is 1. The normalized spacial score (nSPS) is 18.7. The Morgan fingerprint density at radius 1 is 1.34 bits per heavy atom. The molecule has 10 heteroatoms. The second-order valence-corrected chi connectivity index (χ2v) is 8.10. The number of aromatic nitrogens is 4. The lowest BCUT2D eigenvalue weighted by atomic mass is 9.90. The summed E-state index contributed by atoms with van der Waals surface area (Å²) in [5.41, 5.74) is 6.83. The predicted octanol–water partition coefficient (Wildman–Crippen LogP) is 2.97. The van der Waals surface area contributed by atoms with Gasteiger partial charge in [0.1, 0.15) is 35.9 Å². The largest absolute Gasteiger partial charge is 0.475 e. The van der Waals surface area contributed by atoms with E-state index >= 15 is 0 Å². The van der Waals surface area contributed by atoms with Crippen molar-refractivity contribution in [1.82, 2.24) is 19.7 Å². The van der Waals surface area contributed by atoms with E-state index in [0.29, 0.717) is 29.5 Å². The number of Topliss-reactive ketones (excluding diaryl/α,β-unsaturated/α-hetero) is 1. The maximum Gasteiger partial charge on any atom is 0.258 e. The highest BCUT2D eigenvalue weighted by Crippen LogP contribution is 2.50. The molecule has 1 fully saturated rings. The number of carbonyl (C=O) groups excluding carboxylic acids is 1. The van der Waals surface area contributed by atoms with Gasteiger partial charge in [-0.25, -0.2) is 14.4 Å². The summed E-state index contributed by atoms with van der Waals surface area (Å²) < 4.78 is 27.4. The van der Waals surface area contributed by atoms with Crippen LogP contribution in [0.2, 0.25) is 0 Å². The molecule has 2 aromatic heterocycles. The molecule has 162 valence electrons. The number of hydrogen-bond donors (Lipinski definition) is 1. The number of nitrogens with zero attached hydrogens (tertiary/aromatic N) is 5. The average Bonchev–Trinajstić information content (AvgIpc) is 3.49. The molecule has 3 aromatic rings. The number of anilines is 1. The van der Waals surface area contributed by atoms with Crippen molar-refractivity contribution in [2.24, 2.45) is 12.5 Å². The van der Waals surface area contributed by atoms with Crippen LogP contribution in [-0.4, -0.2) is 32.1 Å². The third-order valence-electron chi connectivity index (χ3n) is 5.95. The summed E-state index contributed by atoms with van der Waals surface area (Å²) >= 11 is 0. The van der Waals surface area contributed by atoms with Crippen molar-refractivity contribution in [2.75, 3.05) is 12.3 Å². The quantitative estimate of drug-likeness (QED) is 0.572. The highest BCUT2D eigenvalue weighted by atomic mass is 19.1. The lowest BCUT2D eigenvalue weighted by Gasteiger charge is -2.20. The van der Waals surface area contributed by atoms with Gasteiger partial charge in [-0.2, -0.15) is 5.26 Å². The third-order valence-corrected chi connectivity index (χ3v) is 5.95. The number of nitrogens with two attached hydrogens (primary N) is 1. The number of benzene rings is 1. The molecule has 1 spiro atoms. The van der Waals surface area contributed by atoms with Gasteiger partial charge in [-0.3, -0.25) is 9.48 Å². The molecule has 5 rings (SSSR count). The first-order valence-corrected chi connectivity index (χ1v) is 10.1. The van der Waals surface area contributed by atoms with Crippen molar-refractivity contribution >= 4 is 11.6 Å². The Balaban J connectivity index is 1.72. The summed E-state index contributed by atoms with van der Waals surface area (Å²) in [4.78, 5) is 22.1. The third kappa shape index (κ3) is 3.05. The van der Waals surface area contributed by atoms with Crippen LogP contribution < -0.4 is 15.2 Å². The molecule has 0 saturated heterocycles. The molecule has 0 amide bonds. The van der Waals surface area contributed by atoms with Crippen LogP contribution in [0, 0.1) is 22.6 Å². The summed E-state index contributed by atoms with van der Waals surface area (Å²) in [6, 6.07) is 6.11. The minimum atomic E-state index is -0.745. The molecule has 9 nitrogen and oxygen atoms in total. The maximum atomic E-state index is 14.1. The minimum Gasteiger partial charge on any atom is -0.475 e. The van der Waals surface area contributed by atoms with E-state index in [1.165, 1.54) is 29.1 Å². The number of aryl methyl sites for hydroxylation is 1. The first-order valence-electron chi connectivity index (χ1n) is 10.1. The van der Waals surface area contributed by atoms with E-state index in [4.69, 9.17) is 15.2 Å². The van der Waals surface area contributed by atoms with Crippen LogP contribution in [0.25, 0.3) is 11.3 Å². The van der Waals surface area contributed by atoms with E-state index in [2.05, 4.69) is 21.1 Å². The Morgan fingerprint density at radius 3 is 2.84 bits per heavy atom. The molecule has 1 unspecified atom stereocenters. The number of hydrogen-bond acceptors (Lipinski definition) is 8. The van der Waals surface area contributed by atoms with Crippen LogP contribution >= 0.6 is 0 Å². The molecule has 2 aliphatic rings. The van der Waals surface area contributed by atoms with Gasteiger partial charge in [0.2, 0.25) is 5.88 Å². The van der Waals surface area contributed by atoms with Crippen LogP contribution in [0.4, 0.5) is 10.2 Å². The first-order chi connectivity index (χ1) is 15.3. The van der Waals surface area contributed by atoms with Gasteiger partial charge in [-0.15, -0.1) is 5.10 Å². The zero-order valence-electron chi connectivity index (χ0n) is 17.4. The van der Waals surface area contributed by atoms with E-state index in [1.54, 1.807) is 14.0 Å². The summed E-state index contributed by atoms with van der Waals surface area (Å²) in [6.45, 7) is 1.76. The Bertz CT molecular complexity index is 1310. The zero-order valence-corrected chi connectivity index (χ0v) is 17.4. The second kappa shape index (κ2) is 7.02. The van der Waals surface area contributed by atoms with Crippen LogP contribution in [0.15, 0.2) is 24.4 Å². The topological polar surface area (TPSA) is 129 Å². The lowest BCUT2D eigenvalue weighted by Crippen LogP contribution is -2.26. The molecule has 32 heavy (non-hydrogen) atoms. The van der Waals surface area contributed by atoms with E-state index in [1.807, 2.05) is 0 Å². The van der Waals surface area contributed by atoms with Gasteiger partial charge in [0.25, 0.3) is 5.88 Å². The highest BCUT2D eigenvalue weighted by molar-refractivity contribution is 6.03. The van der Waals surface area contributed by atoms with Crippen LogP contribution in [-0.2, 0) is 7.05 Å². The average molecular weight is 434 g/mol. The van der Waals surface area contributed by atoms with Gasteiger partial charge >= 0.3 is 0 Å². The molecule has 1 aliphatic heterocycles. The van der Waals surface area contributed by atoms with Gasteiger partial charge in [0.15, 0.2) is 17.3 Å². The SMILES string of the molecule is CC1Oc2nc(cnc2N)-c2c(nn(C)c2C#N)OCC2(CC2)C(=O)c2ccc(F)cc21. The summed E-state index contributed by atoms with van der Waals surface area (Å²) in [6.07, 6.45) is 1.93. The Hall–Kier alpha value is -4.00. The van der Waals surface area contributed by atoms with Crippen LogP contribution in [0.1, 0.15) is 47.5 Å². The van der Waals surface area contributed by atoms with E-state index in [9.17, 15) is 14.4 Å². The number of ether oxygens (including phenoxy) is 2. The molecule has 2 N–H and O–H groups in total.